The van der Waals surface area contributed by atoms with E-state index < -0.39 is 5.97 Å². The van der Waals surface area contributed by atoms with E-state index in [1.54, 1.807) is 24.4 Å². The van der Waals surface area contributed by atoms with Gasteiger partial charge in [0.2, 0.25) is 0 Å². The summed E-state index contributed by atoms with van der Waals surface area (Å²) in [6.07, 6.45) is 5.30. The third-order valence-corrected chi connectivity index (χ3v) is 2.81. The zero-order valence-electron chi connectivity index (χ0n) is 11.2. The Hall–Kier alpha value is -2.69. The van der Waals surface area contributed by atoms with E-state index in [1.807, 2.05) is 12.1 Å². The number of carbonyl (C=O) groups is 1. The molecule has 1 heterocycles. The van der Waals surface area contributed by atoms with Crippen molar-refractivity contribution in [1.82, 2.24) is 4.98 Å². The summed E-state index contributed by atoms with van der Waals surface area (Å²) in [5.74, 6) is -0.320. The number of hydrogen-bond acceptors (Lipinski definition) is 4. The molecule has 1 aromatic carbocycles. The van der Waals surface area contributed by atoms with Crippen LogP contribution in [-0.2, 0) is 4.74 Å². The van der Waals surface area contributed by atoms with Gasteiger partial charge in [0.1, 0.15) is 17.1 Å². The van der Waals surface area contributed by atoms with E-state index in [0.717, 1.165) is 5.69 Å². The highest BCUT2D eigenvalue weighted by Crippen LogP contribution is 2.29. The average Bonchev–Trinajstić information content (AvgIpc) is 2.97. The van der Waals surface area contributed by atoms with Crippen LogP contribution in [0.25, 0.3) is 12.2 Å². The van der Waals surface area contributed by atoms with Gasteiger partial charge in [-0.05, 0) is 29.8 Å². The summed E-state index contributed by atoms with van der Waals surface area (Å²) in [5.41, 5.74) is 1.50. The Morgan fingerprint density at radius 1 is 1.30 bits per heavy atom. The minimum absolute atomic E-state index is 0.108. The maximum Gasteiger partial charge on any atom is 0.342 e. The Balaban J connectivity index is 2.48. The van der Waals surface area contributed by atoms with Crippen LogP contribution < -0.4 is 4.74 Å². The van der Waals surface area contributed by atoms with Gasteiger partial charge in [-0.2, -0.15) is 0 Å². The lowest BCUT2D eigenvalue weighted by Crippen LogP contribution is -2.04. The fourth-order valence-corrected chi connectivity index (χ4v) is 1.82. The van der Waals surface area contributed by atoms with Crippen LogP contribution in [0.4, 0.5) is 0 Å². The summed E-state index contributed by atoms with van der Waals surface area (Å²) in [5, 5.41) is 9.94. The van der Waals surface area contributed by atoms with Crippen LogP contribution >= 0.6 is 0 Å². The monoisotopic (exact) mass is 273 g/mol. The average molecular weight is 273 g/mol. The molecule has 2 rings (SSSR count). The van der Waals surface area contributed by atoms with Gasteiger partial charge in [-0.25, -0.2) is 4.79 Å². The first-order valence-electron chi connectivity index (χ1n) is 5.96. The maximum atomic E-state index is 11.8. The number of aromatic hydroxyl groups is 1. The summed E-state index contributed by atoms with van der Waals surface area (Å²) in [7, 11) is 2.76. The van der Waals surface area contributed by atoms with Crippen LogP contribution in [0.15, 0.2) is 30.5 Å². The Morgan fingerprint density at radius 3 is 2.70 bits per heavy atom. The highest BCUT2D eigenvalue weighted by atomic mass is 16.5. The summed E-state index contributed by atoms with van der Waals surface area (Å²) in [6.45, 7) is 0. The van der Waals surface area contributed by atoms with Gasteiger partial charge in [0.15, 0.2) is 0 Å². The molecular formula is C15H15NO4. The number of esters is 1. The third kappa shape index (κ3) is 2.83. The number of methoxy groups -OCH3 is 2. The predicted molar refractivity (Wildman–Crippen MR) is 75.7 cm³/mol. The molecule has 5 nitrogen and oxygen atoms in total. The Kier molecular flexibility index (Phi) is 4.10. The SMILES string of the molecule is COC(=O)c1c(O)cc(OC)cc1/C=C/c1ccc[nH]1. The van der Waals surface area contributed by atoms with Gasteiger partial charge in [-0.15, -0.1) is 0 Å². The molecule has 0 saturated carbocycles. The zero-order chi connectivity index (χ0) is 14.5. The number of phenols is 1. The van der Waals surface area contributed by atoms with Crippen LogP contribution in [0.3, 0.4) is 0 Å². The molecule has 5 heteroatoms. The highest BCUT2D eigenvalue weighted by Gasteiger charge is 2.17. The molecule has 0 aliphatic rings. The van der Waals surface area contributed by atoms with Crippen molar-refractivity contribution < 1.29 is 19.4 Å². The molecule has 104 valence electrons. The molecule has 0 saturated heterocycles. The third-order valence-electron chi connectivity index (χ3n) is 2.81. The number of H-pyrrole nitrogens is 1. The van der Waals surface area contributed by atoms with Gasteiger partial charge in [-0.3, -0.25) is 0 Å². The normalized spacial score (nSPS) is 10.7. The van der Waals surface area contributed by atoms with Crippen LogP contribution in [0.1, 0.15) is 21.6 Å². The first kappa shape index (κ1) is 13.7. The molecule has 1 aromatic heterocycles. The fourth-order valence-electron chi connectivity index (χ4n) is 1.82. The number of nitrogens with one attached hydrogen (secondary N) is 1. The molecule has 2 N–H and O–H groups in total. The summed E-state index contributed by atoms with van der Waals surface area (Å²) >= 11 is 0. The van der Waals surface area contributed by atoms with E-state index in [0.29, 0.717) is 11.3 Å². The molecule has 20 heavy (non-hydrogen) atoms. The molecular weight excluding hydrogens is 258 g/mol. The second-order valence-electron chi connectivity index (χ2n) is 4.06. The van der Waals surface area contributed by atoms with E-state index in [9.17, 15) is 9.90 Å². The van der Waals surface area contributed by atoms with Gasteiger partial charge in [-0.1, -0.05) is 6.08 Å². The Bertz CT molecular complexity index is 630. The largest absolute Gasteiger partial charge is 0.507 e. The molecule has 0 unspecified atom stereocenters. The number of phenolic OH excluding ortho intramolecular Hbond substituents is 1. The summed E-state index contributed by atoms with van der Waals surface area (Å²) in [6, 6.07) is 6.78. The molecule has 0 radical (unpaired) electrons. The van der Waals surface area contributed by atoms with Crippen LogP contribution in [0, 0.1) is 0 Å². The van der Waals surface area contributed by atoms with Crippen molar-refractivity contribution in [3.05, 3.63) is 47.3 Å². The lowest BCUT2D eigenvalue weighted by atomic mass is 10.0. The van der Waals surface area contributed by atoms with Crippen LogP contribution in [-0.4, -0.2) is 30.3 Å². The number of ether oxygens (including phenoxy) is 2. The topological polar surface area (TPSA) is 71.6 Å². The van der Waals surface area contributed by atoms with Crippen LogP contribution in [0.5, 0.6) is 11.5 Å². The zero-order valence-corrected chi connectivity index (χ0v) is 11.2. The molecule has 0 aliphatic heterocycles. The van der Waals surface area contributed by atoms with Gasteiger partial charge >= 0.3 is 5.97 Å². The number of benzene rings is 1. The van der Waals surface area contributed by atoms with Crippen molar-refractivity contribution in [1.29, 1.82) is 0 Å². The van der Waals surface area contributed by atoms with E-state index in [4.69, 9.17) is 4.74 Å². The van der Waals surface area contributed by atoms with Gasteiger partial charge in [0.25, 0.3) is 0 Å². The predicted octanol–water partition coefficient (Wildman–Crippen LogP) is 2.69. The summed E-state index contributed by atoms with van der Waals surface area (Å²) in [4.78, 5) is 14.8. The van der Waals surface area contributed by atoms with Crippen molar-refractivity contribution in [2.45, 2.75) is 0 Å². The van der Waals surface area contributed by atoms with Gasteiger partial charge in [0.05, 0.1) is 14.2 Å². The highest BCUT2D eigenvalue weighted by molar-refractivity contribution is 5.97. The Morgan fingerprint density at radius 2 is 2.10 bits per heavy atom. The van der Waals surface area contributed by atoms with Gasteiger partial charge in [0, 0.05) is 18.0 Å². The van der Waals surface area contributed by atoms with Crippen molar-refractivity contribution in [2.75, 3.05) is 14.2 Å². The van der Waals surface area contributed by atoms with Gasteiger partial charge < -0.3 is 19.6 Å². The second kappa shape index (κ2) is 5.97. The Labute approximate surface area is 116 Å². The number of rotatable bonds is 4. The van der Waals surface area contributed by atoms with E-state index in [2.05, 4.69) is 9.72 Å². The smallest absolute Gasteiger partial charge is 0.342 e. The molecule has 0 atom stereocenters. The molecule has 2 aromatic rings. The number of hydrogen-bond donors (Lipinski definition) is 2. The standard InChI is InChI=1S/C15H15NO4/c1-19-12-8-10(5-6-11-4-3-7-16-11)14(13(17)9-12)15(18)20-2/h3-9,16-17H,1-2H3/b6-5+. The minimum Gasteiger partial charge on any atom is -0.507 e. The van der Waals surface area contributed by atoms with Crippen molar-refractivity contribution >= 4 is 18.1 Å². The van der Waals surface area contributed by atoms with E-state index in [-0.39, 0.29) is 11.3 Å². The fraction of sp³-hybridized carbons (Fsp3) is 0.133. The molecule has 0 aliphatic carbocycles. The van der Waals surface area contributed by atoms with E-state index >= 15 is 0 Å². The first-order chi connectivity index (χ1) is 9.65. The lowest BCUT2D eigenvalue weighted by molar-refractivity contribution is 0.0597. The molecule has 0 bridgehead atoms. The quantitative estimate of drug-likeness (QED) is 0.840. The number of aromatic amines is 1. The van der Waals surface area contributed by atoms with E-state index in [1.165, 1.54) is 20.3 Å². The molecule has 0 amide bonds. The first-order valence-corrected chi connectivity index (χ1v) is 5.96. The van der Waals surface area contributed by atoms with Crippen molar-refractivity contribution in [3.63, 3.8) is 0 Å². The molecule has 0 spiro atoms. The second-order valence-corrected chi connectivity index (χ2v) is 4.06. The maximum absolute atomic E-state index is 11.8. The summed E-state index contributed by atoms with van der Waals surface area (Å²) < 4.78 is 9.77. The van der Waals surface area contributed by atoms with Crippen LogP contribution in [0.2, 0.25) is 0 Å². The number of aromatic nitrogens is 1. The molecule has 0 fully saturated rings. The lowest BCUT2D eigenvalue weighted by Gasteiger charge is -2.09. The minimum atomic E-state index is -0.601. The van der Waals surface area contributed by atoms with Crippen molar-refractivity contribution in [3.8, 4) is 11.5 Å². The van der Waals surface area contributed by atoms with Crippen molar-refractivity contribution in [2.24, 2.45) is 0 Å². The number of carbonyl (C=O) groups excluding carboxylic acids is 1.